The Hall–Kier alpha value is -2.56. The van der Waals surface area contributed by atoms with Gasteiger partial charge in [-0.05, 0) is 29.7 Å². The largest absolute Gasteiger partial charge is 0.396 e. The van der Waals surface area contributed by atoms with Crippen molar-refractivity contribution in [2.75, 3.05) is 17.6 Å². The number of carbonyl (C=O) groups is 1. The smallest absolute Gasteiger partial charge is 0.267 e. The Bertz CT molecular complexity index is 669. The molecular weight excluding hydrogens is 252 g/mol. The number of nitrogens with two attached hydrogens (primary N) is 2. The van der Waals surface area contributed by atoms with Gasteiger partial charge in [-0.3, -0.25) is 4.79 Å². The minimum Gasteiger partial charge on any atom is -0.396 e. The minimum absolute atomic E-state index is 0.218. The first-order valence-electron chi connectivity index (χ1n) is 6.53. The van der Waals surface area contributed by atoms with Crippen LogP contribution in [-0.2, 0) is 6.42 Å². The molecule has 102 valence electrons. The highest BCUT2D eigenvalue weighted by Gasteiger charge is 2.25. The summed E-state index contributed by atoms with van der Waals surface area (Å²) in [7, 11) is 0. The zero-order valence-corrected chi connectivity index (χ0v) is 11.0. The van der Waals surface area contributed by atoms with E-state index in [1.165, 1.54) is 17.2 Å². The lowest BCUT2D eigenvalue weighted by Gasteiger charge is -2.30. The van der Waals surface area contributed by atoms with E-state index in [4.69, 9.17) is 11.5 Å². The van der Waals surface area contributed by atoms with E-state index in [1.54, 1.807) is 6.07 Å². The third kappa shape index (κ3) is 2.18. The fourth-order valence-electron chi connectivity index (χ4n) is 2.51. The lowest BCUT2D eigenvalue weighted by molar-refractivity contribution is 0.0996. The number of aromatic nitrogens is 1. The molecule has 1 heterocycles. The second-order valence-electron chi connectivity index (χ2n) is 4.98. The quantitative estimate of drug-likeness (QED) is 0.783. The fourth-order valence-corrected chi connectivity index (χ4v) is 2.51. The normalized spacial score (nSPS) is 16.1. The van der Waals surface area contributed by atoms with E-state index in [1.807, 2.05) is 6.07 Å². The number of hydrogen-bond donors (Lipinski definition) is 3. The average Bonchev–Trinajstić information content (AvgIpc) is 2.41. The van der Waals surface area contributed by atoms with Crippen molar-refractivity contribution in [1.29, 1.82) is 0 Å². The van der Waals surface area contributed by atoms with Gasteiger partial charge in [0.15, 0.2) is 0 Å². The summed E-state index contributed by atoms with van der Waals surface area (Å²) in [6.07, 6.45) is 1.05. The molecule has 0 saturated carbocycles. The van der Waals surface area contributed by atoms with Gasteiger partial charge < -0.3 is 16.8 Å². The molecule has 1 amide bonds. The number of benzene rings is 1. The van der Waals surface area contributed by atoms with Crippen molar-refractivity contribution >= 4 is 17.4 Å². The molecule has 1 aromatic carbocycles. The standard InChI is InChI=1S/C15H16N4O/c16-12-5-6-13(14(17)20)19-15(12)18-8-10-7-9-3-1-2-4-11(9)10/h1-6,10H,7-8,16H2,(H2,17,20)(H,18,19). The third-order valence-electron chi connectivity index (χ3n) is 3.66. The lowest BCUT2D eigenvalue weighted by atomic mass is 9.77. The molecule has 5 heteroatoms. The molecule has 0 bridgehead atoms. The van der Waals surface area contributed by atoms with Crippen molar-refractivity contribution in [3.63, 3.8) is 0 Å². The molecule has 20 heavy (non-hydrogen) atoms. The molecule has 0 spiro atoms. The molecule has 2 aromatic rings. The van der Waals surface area contributed by atoms with E-state index < -0.39 is 5.91 Å². The second kappa shape index (κ2) is 4.85. The number of carbonyl (C=O) groups excluding carboxylic acids is 1. The average molecular weight is 268 g/mol. The molecule has 0 radical (unpaired) electrons. The van der Waals surface area contributed by atoms with Gasteiger partial charge in [-0.25, -0.2) is 4.98 Å². The predicted octanol–water partition coefficient (Wildman–Crippen LogP) is 1.51. The number of fused-ring (bicyclic) bond motifs is 1. The summed E-state index contributed by atoms with van der Waals surface area (Å²) in [5, 5.41) is 3.21. The van der Waals surface area contributed by atoms with Crippen molar-refractivity contribution in [2.24, 2.45) is 5.73 Å². The summed E-state index contributed by atoms with van der Waals surface area (Å²) in [4.78, 5) is 15.3. The van der Waals surface area contributed by atoms with Crippen LogP contribution in [0.3, 0.4) is 0 Å². The number of amides is 1. The Morgan fingerprint density at radius 2 is 2.10 bits per heavy atom. The molecule has 0 saturated heterocycles. The van der Waals surface area contributed by atoms with Gasteiger partial charge in [0.2, 0.25) is 0 Å². The summed E-state index contributed by atoms with van der Waals surface area (Å²) in [5.41, 5.74) is 14.6. The highest BCUT2D eigenvalue weighted by Crippen LogP contribution is 2.34. The number of anilines is 2. The van der Waals surface area contributed by atoms with Crippen LogP contribution >= 0.6 is 0 Å². The second-order valence-corrected chi connectivity index (χ2v) is 4.98. The summed E-state index contributed by atoms with van der Waals surface area (Å²) < 4.78 is 0. The van der Waals surface area contributed by atoms with Gasteiger partial charge in [-0.15, -0.1) is 0 Å². The topological polar surface area (TPSA) is 94.0 Å². The summed E-state index contributed by atoms with van der Waals surface area (Å²) >= 11 is 0. The summed E-state index contributed by atoms with van der Waals surface area (Å²) in [6.45, 7) is 0.746. The molecule has 1 unspecified atom stereocenters. The molecule has 5 nitrogen and oxygen atoms in total. The fraction of sp³-hybridized carbons (Fsp3) is 0.200. The van der Waals surface area contributed by atoms with Crippen molar-refractivity contribution in [3.05, 3.63) is 53.2 Å². The van der Waals surface area contributed by atoms with Gasteiger partial charge in [0.25, 0.3) is 5.91 Å². The van der Waals surface area contributed by atoms with E-state index in [0.717, 1.165) is 13.0 Å². The van der Waals surface area contributed by atoms with Crippen LogP contribution in [0.25, 0.3) is 0 Å². The van der Waals surface area contributed by atoms with Crippen LogP contribution in [0, 0.1) is 0 Å². The van der Waals surface area contributed by atoms with Crippen LogP contribution in [0.2, 0.25) is 0 Å². The number of primary amides is 1. The van der Waals surface area contributed by atoms with Crippen molar-refractivity contribution in [3.8, 4) is 0 Å². The molecule has 1 atom stereocenters. The SMILES string of the molecule is NC(=O)c1ccc(N)c(NCC2Cc3ccccc32)n1. The zero-order valence-electron chi connectivity index (χ0n) is 11.0. The van der Waals surface area contributed by atoms with Gasteiger partial charge in [0, 0.05) is 12.5 Å². The number of nitrogen functional groups attached to an aromatic ring is 1. The monoisotopic (exact) mass is 268 g/mol. The highest BCUT2D eigenvalue weighted by atomic mass is 16.1. The maximum atomic E-state index is 11.1. The van der Waals surface area contributed by atoms with Gasteiger partial charge in [0.05, 0.1) is 5.69 Å². The molecule has 0 aliphatic heterocycles. The Kier molecular flexibility index (Phi) is 3.02. The molecule has 3 rings (SSSR count). The Labute approximate surface area is 117 Å². The van der Waals surface area contributed by atoms with Crippen LogP contribution in [0.5, 0.6) is 0 Å². The Morgan fingerprint density at radius 1 is 1.30 bits per heavy atom. The minimum atomic E-state index is -0.554. The summed E-state index contributed by atoms with van der Waals surface area (Å²) in [5.74, 6) is 0.428. The van der Waals surface area contributed by atoms with Gasteiger partial charge in [-0.2, -0.15) is 0 Å². The van der Waals surface area contributed by atoms with Crippen molar-refractivity contribution in [1.82, 2.24) is 4.98 Å². The number of nitrogens with zero attached hydrogens (tertiary/aromatic N) is 1. The molecule has 5 N–H and O–H groups in total. The Balaban J connectivity index is 1.71. The van der Waals surface area contributed by atoms with Gasteiger partial charge in [0.1, 0.15) is 11.5 Å². The first kappa shape index (κ1) is 12.5. The van der Waals surface area contributed by atoms with E-state index in [9.17, 15) is 4.79 Å². The molecule has 1 aliphatic rings. The van der Waals surface area contributed by atoms with E-state index in [2.05, 4.69) is 28.5 Å². The van der Waals surface area contributed by atoms with Crippen molar-refractivity contribution in [2.45, 2.75) is 12.3 Å². The highest BCUT2D eigenvalue weighted by molar-refractivity contribution is 5.91. The first-order valence-corrected chi connectivity index (χ1v) is 6.53. The maximum absolute atomic E-state index is 11.1. The molecule has 1 aromatic heterocycles. The van der Waals surface area contributed by atoms with Crippen LogP contribution in [-0.4, -0.2) is 17.4 Å². The molecule has 0 fully saturated rings. The lowest BCUT2D eigenvalue weighted by Crippen LogP contribution is -2.25. The maximum Gasteiger partial charge on any atom is 0.267 e. The first-order chi connectivity index (χ1) is 9.65. The number of nitrogens with one attached hydrogen (secondary N) is 1. The van der Waals surface area contributed by atoms with Crippen molar-refractivity contribution < 1.29 is 4.79 Å². The zero-order chi connectivity index (χ0) is 14.1. The van der Waals surface area contributed by atoms with Crippen LogP contribution in [0.15, 0.2) is 36.4 Å². The van der Waals surface area contributed by atoms with Crippen LogP contribution in [0.4, 0.5) is 11.5 Å². The van der Waals surface area contributed by atoms with Gasteiger partial charge in [-0.1, -0.05) is 24.3 Å². The van der Waals surface area contributed by atoms with Crippen LogP contribution in [0.1, 0.15) is 27.5 Å². The Morgan fingerprint density at radius 3 is 2.85 bits per heavy atom. The number of pyridine rings is 1. The molecule has 1 aliphatic carbocycles. The van der Waals surface area contributed by atoms with E-state index in [0.29, 0.717) is 17.4 Å². The third-order valence-corrected chi connectivity index (χ3v) is 3.66. The van der Waals surface area contributed by atoms with Crippen LogP contribution < -0.4 is 16.8 Å². The van der Waals surface area contributed by atoms with Gasteiger partial charge >= 0.3 is 0 Å². The number of rotatable bonds is 4. The van der Waals surface area contributed by atoms with E-state index in [-0.39, 0.29) is 5.69 Å². The predicted molar refractivity (Wildman–Crippen MR) is 78.5 cm³/mol. The van der Waals surface area contributed by atoms with E-state index >= 15 is 0 Å². The summed E-state index contributed by atoms with van der Waals surface area (Å²) in [6, 6.07) is 11.6. The molecular formula is C15H16N4O. The number of hydrogen-bond acceptors (Lipinski definition) is 4.